The number of aromatic nitrogens is 2. The van der Waals surface area contributed by atoms with Gasteiger partial charge in [0.2, 0.25) is 5.91 Å². The fraction of sp³-hybridized carbons (Fsp3) is 0.522. The minimum Gasteiger partial charge on any atom is -0.354 e. The fourth-order valence-electron chi connectivity index (χ4n) is 3.90. The Morgan fingerprint density at radius 2 is 1.97 bits per heavy atom. The Bertz CT molecular complexity index is 855. The first-order valence-corrected chi connectivity index (χ1v) is 10.6. The van der Waals surface area contributed by atoms with E-state index in [0.717, 1.165) is 67.4 Å². The van der Waals surface area contributed by atoms with Crippen molar-refractivity contribution in [1.29, 1.82) is 0 Å². The van der Waals surface area contributed by atoms with Crippen LogP contribution in [0.3, 0.4) is 0 Å². The molecule has 0 bridgehead atoms. The lowest BCUT2D eigenvalue weighted by Gasteiger charge is -2.26. The molecule has 0 saturated carbocycles. The van der Waals surface area contributed by atoms with E-state index in [-0.39, 0.29) is 11.7 Å². The summed E-state index contributed by atoms with van der Waals surface area (Å²) in [7, 11) is 0. The van der Waals surface area contributed by atoms with Gasteiger partial charge in [-0.2, -0.15) is 0 Å². The van der Waals surface area contributed by atoms with Gasteiger partial charge in [0.15, 0.2) is 0 Å². The molecular weight excluding hydrogens is 367 g/mol. The predicted molar refractivity (Wildman–Crippen MR) is 114 cm³/mol. The lowest BCUT2D eigenvalue weighted by atomic mass is 10.0. The molecule has 0 N–H and O–H groups in total. The number of benzene rings is 1. The molecule has 0 unspecified atom stereocenters. The van der Waals surface area contributed by atoms with Crippen LogP contribution in [0, 0.1) is 19.7 Å². The molecule has 3 rings (SSSR count). The summed E-state index contributed by atoms with van der Waals surface area (Å²) < 4.78 is 13.7. The van der Waals surface area contributed by atoms with Gasteiger partial charge in [0.25, 0.3) is 0 Å². The van der Waals surface area contributed by atoms with E-state index < -0.39 is 0 Å². The number of anilines is 1. The number of hydrogen-bond acceptors (Lipinski definition) is 4. The Morgan fingerprint density at radius 1 is 1.14 bits per heavy atom. The zero-order valence-corrected chi connectivity index (χ0v) is 17.7. The third-order valence-electron chi connectivity index (χ3n) is 5.47. The van der Waals surface area contributed by atoms with Crippen molar-refractivity contribution in [3.63, 3.8) is 0 Å². The van der Waals surface area contributed by atoms with Gasteiger partial charge in [-0.05, 0) is 44.4 Å². The SMILES string of the molecule is CCCCC(=O)N1CCCN(c2nc(C)nc(C)c2Cc2cccc(F)c2)CC1. The van der Waals surface area contributed by atoms with Crippen LogP contribution in [0.25, 0.3) is 0 Å². The number of aryl methyl sites for hydroxylation is 2. The van der Waals surface area contributed by atoms with E-state index in [9.17, 15) is 9.18 Å². The second-order valence-corrected chi connectivity index (χ2v) is 7.79. The number of amides is 1. The summed E-state index contributed by atoms with van der Waals surface area (Å²) in [5, 5.41) is 0. The van der Waals surface area contributed by atoms with Crippen molar-refractivity contribution < 1.29 is 9.18 Å². The molecule has 1 fully saturated rings. The van der Waals surface area contributed by atoms with Crippen LogP contribution >= 0.6 is 0 Å². The first-order chi connectivity index (χ1) is 14.0. The summed E-state index contributed by atoms with van der Waals surface area (Å²) >= 11 is 0. The minimum atomic E-state index is -0.231. The molecule has 29 heavy (non-hydrogen) atoms. The number of rotatable bonds is 6. The quantitative estimate of drug-likeness (QED) is 0.737. The molecule has 1 aromatic carbocycles. The largest absolute Gasteiger partial charge is 0.354 e. The van der Waals surface area contributed by atoms with Crippen molar-refractivity contribution in [2.75, 3.05) is 31.1 Å². The second-order valence-electron chi connectivity index (χ2n) is 7.79. The summed E-state index contributed by atoms with van der Waals surface area (Å²) in [6.07, 6.45) is 4.12. The molecule has 0 spiro atoms. The molecule has 1 aromatic heterocycles. The van der Waals surface area contributed by atoms with Crippen molar-refractivity contribution in [2.24, 2.45) is 0 Å². The Morgan fingerprint density at radius 3 is 2.72 bits per heavy atom. The maximum atomic E-state index is 13.7. The Balaban J connectivity index is 1.81. The molecular formula is C23H31FN4O. The van der Waals surface area contributed by atoms with Gasteiger partial charge in [0, 0.05) is 50.3 Å². The molecule has 0 atom stereocenters. The van der Waals surface area contributed by atoms with Crippen LogP contribution in [0.2, 0.25) is 0 Å². The predicted octanol–water partition coefficient (Wildman–Crippen LogP) is 4.05. The number of halogens is 1. The molecule has 1 saturated heterocycles. The third-order valence-corrected chi connectivity index (χ3v) is 5.47. The number of hydrogen-bond donors (Lipinski definition) is 0. The molecule has 1 aliphatic rings. The van der Waals surface area contributed by atoms with Crippen molar-refractivity contribution in [1.82, 2.24) is 14.9 Å². The van der Waals surface area contributed by atoms with E-state index in [4.69, 9.17) is 4.98 Å². The second kappa shape index (κ2) is 9.81. The zero-order chi connectivity index (χ0) is 20.8. The van der Waals surface area contributed by atoms with E-state index in [1.807, 2.05) is 24.8 Å². The van der Waals surface area contributed by atoms with Crippen LogP contribution < -0.4 is 4.90 Å². The lowest BCUT2D eigenvalue weighted by molar-refractivity contribution is -0.131. The average molecular weight is 399 g/mol. The molecule has 156 valence electrons. The van der Waals surface area contributed by atoms with E-state index in [2.05, 4.69) is 16.8 Å². The first kappa shape index (κ1) is 21.2. The van der Waals surface area contributed by atoms with Gasteiger partial charge < -0.3 is 9.80 Å². The number of carbonyl (C=O) groups excluding carboxylic acids is 1. The van der Waals surface area contributed by atoms with Crippen molar-refractivity contribution in [3.05, 3.63) is 52.7 Å². The molecule has 0 radical (unpaired) electrons. The van der Waals surface area contributed by atoms with Crippen LogP contribution in [0.15, 0.2) is 24.3 Å². The van der Waals surface area contributed by atoms with Gasteiger partial charge in [-0.25, -0.2) is 14.4 Å². The first-order valence-electron chi connectivity index (χ1n) is 10.6. The Kier molecular flexibility index (Phi) is 7.18. The fourth-order valence-corrected chi connectivity index (χ4v) is 3.90. The maximum Gasteiger partial charge on any atom is 0.222 e. The number of nitrogens with zero attached hydrogens (tertiary/aromatic N) is 4. The summed E-state index contributed by atoms with van der Waals surface area (Å²) in [6.45, 7) is 9.11. The van der Waals surface area contributed by atoms with Gasteiger partial charge in [0.05, 0.1) is 0 Å². The molecule has 1 aliphatic heterocycles. The molecule has 2 aromatic rings. The minimum absolute atomic E-state index is 0.231. The van der Waals surface area contributed by atoms with E-state index in [1.54, 1.807) is 12.1 Å². The maximum absolute atomic E-state index is 13.7. The summed E-state index contributed by atoms with van der Waals surface area (Å²) in [5.74, 6) is 1.68. The zero-order valence-electron chi connectivity index (χ0n) is 17.7. The van der Waals surface area contributed by atoms with Gasteiger partial charge in [-0.1, -0.05) is 25.5 Å². The smallest absolute Gasteiger partial charge is 0.222 e. The monoisotopic (exact) mass is 398 g/mol. The molecule has 2 heterocycles. The normalized spacial score (nSPS) is 14.8. The van der Waals surface area contributed by atoms with Crippen molar-refractivity contribution in [2.45, 2.75) is 52.9 Å². The van der Waals surface area contributed by atoms with Crippen LogP contribution in [0.5, 0.6) is 0 Å². The van der Waals surface area contributed by atoms with Crippen LogP contribution in [-0.4, -0.2) is 47.0 Å². The number of carbonyl (C=O) groups is 1. The average Bonchev–Trinajstić information content (AvgIpc) is 2.94. The van der Waals surface area contributed by atoms with Gasteiger partial charge >= 0.3 is 0 Å². The molecule has 5 nitrogen and oxygen atoms in total. The van der Waals surface area contributed by atoms with Crippen LogP contribution in [0.4, 0.5) is 10.2 Å². The summed E-state index contributed by atoms with van der Waals surface area (Å²) in [6, 6.07) is 6.70. The standard InChI is InChI=1S/C23H31FN4O/c1-4-5-10-22(29)27-11-7-12-28(14-13-27)23-21(17(2)25-18(3)26-23)16-19-8-6-9-20(24)15-19/h6,8-9,15H,4-5,7,10-14,16H2,1-3H3. The van der Waals surface area contributed by atoms with Crippen LogP contribution in [-0.2, 0) is 11.2 Å². The highest BCUT2D eigenvalue weighted by atomic mass is 19.1. The number of unbranched alkanes of at least 4 members (excludes halogenated alkanes) is 1. The van der Waals surface area contributed by atoms with Crippen molar-refractivity contribution >= 4 is 11.7 Å². The summed E-state index contributed by atoms with van der Waals surface area (Å²) in [4.78, 5) is 26.0. The molecule has 0 aliphatic carbocycles. The van der Waals surface area contributed by atoms with Crippen LogP contribution in [0.1, 0.15) is 55.3 Å². The highest BCUT2D eigenvalue weighted by Crippen LogP contribution is 2.25. The highest BCUT2D eigenvalue weighted by molar-refractivity contribution is 5.76. The Hall–Kier alpha value is -2.50. The van der Waals surface area contributed by atoms with E-state index in [0.29, 0.717) is 19.4 Å². The van der Waals surface area contributed by atoms with Gasteiger partial charge in [-0.3, -0.25) is 4.79 Å². The van der Waals surface area contributed by atoms with E-state index >= 15 is 0 Å². The van der Waals surface area contributed by atoms with Gasteiger partial charge in [-0.15, -0.1) is 0 Å². The third kappa shape index (κ3) is 5.52. The highest BCUT2D eigenvalue weighted by Gasteiger charge is 2.22. The molecule has 6 heteroatoms. The lowest BCUT2D eigenvalue weighted by Crippen LogP contribution is -2.35. The summed E-state index contributed by atoms with van der Waals surface area (Å²) in [5.41, 5.74) is 2.87. The molecule has 1 amide bonds. The van der Waals surface area contributed by atoms with Crippen molar-refractivity contribution in [3.8, 4) is 0 Å². The van der Waals surface area contributed by atoms with Gasteiger partial charge in [0.1, 0.15) is 17.5 Å². The van der Waals surface area contributed by atoms with E-state index in [1.165, 1.54) is 6.07 Å². The Labute approximate surface area is 173 Å². The topological polar surface area (TPSA) is 49.3 Å².